The number of carbonyl (C=O) groups is 2. The van der Waals surface area contributed by atoms with Gasteiger partial charge >= 0.3 is 0 Å². The minimum absolute atomic E-state index is 0.0389. The summed E-state index contributed by atoms with van der Waals surface area (Å²) in [6, 6.07) is 16.1. The van der Waals surface area contributed by atoms with Gasteiger partial charge in [-0.15, -0.1) is 0 Å². The Kier molecular flexibility index (Phi) is 5.69. The van der Waals surface area contributed by atoms with Crippen molar-refractivity contribution in [2.75, 3.05) is 6.54 Å². The van der Waals surface area contributed by atoms with E-state index in [4.69, 9.17) is 0 Å². The Morgan fingerprint density at radius 3 is 2.64 bits per heavy atom. The fourth-order valence-electron chi connectivity index (χ4n) is 3.70. The smallest absolute Gasteiger partial charge is 0.216 e. The highest BCUT2D eigenvalue weighted by Gasteiger charge is 2.34. The van der Waals surface area contributed by atoms with Gasteiger partial charge in [-0.25, -0.2) is 0 Å². The van der Waals surface area contributed by atoms with Gasteiger partial charge in [0.15, 0.2) is 0 Å². The van der Waals surface area contributed by atoms with Crippen molar-refractivity contribution >= 4 is 27.6 Å². The number of amides is 1. The summed E-state index contributed by atoms with van der Waals surface area (Å²) in [4.78, 5) is 24.4. The van der Waals surface area contributed by atoms with E-state index in [2.05, 4.69) is 33.4 Å². The Balaban J connectivity index is 1.85. The van der Waals surface area contributed by atoms with Crippen molar-refractivity contribution in [3.8, 4) is 0 Å². The zero-order chi connectivity index (χ0) is 17.8. The molecule has 2 unspecified atom stereocenters. The molecule has 1 aliphatic carbocycles. The van der Waals surface area contributed by atoms with Crippen molar-refractivity contribution in [2.45, 2.75) is 32.1 Å². The number of Topliss-reactive ketones (excluding diaryl/α,β-unsaturated/α-hetero) is 1. The van der Waals surface area contributed by atoms with Gasteiger partial charge in [0.05, 0.1) is 0 Å². The number of ketones is 1. The topological polar surface area (TPSA) is 46.2 Å². The van der Waals surface area contributed by atoms with Gasteiger partial charge in [0.2, 0.25) is 5.91 Å². The highest BCUT2D eigenvalue weighted by atomic mass is 79.9. The van der Waals surface area contributed by atoms with E-state index >= 15 is 0 Å². The molecule has 25 heavy (non-hydrogen) atoms. The molecule has 2 aromatic carbocycles. The van der Waals surface area contributed by atoms with Gasteiger partial charge in [-0.3, -0.25) is 9.59 Å². The zero-order valence-corrected chi connectivity index (χ0v) is 15.9. The Labute approximate surface area is 157 Å². The molecule has 0 saturated heterocycles. The van der Waals surface area contributed by atoms with Crippen LogP contribution in [0.2, 0.25) is 0 Å². The summed E-state index contributed by atoms with van der Waals surface area (Å²) in [7, 11) is 0. The molecule has 4 heteroatoms. The first-order valence-electron chi connectivity index (χ1n) is 8.64. The molecular weight excluding hydrogens is 378 g/mol. The molecule has 0 aromatic heterocycles. The molecule has 0 spiro atoms. The molecule has 0 bridgehead atoms. The summed E-state index contributed by atoms with van der Waals surface area (Å²) < 4.78 is 1.05. The van der Waals surface area contributed by atoms with Gasteiger partial charge < -0.3 is 5.32 Å². The largest absolute Gasteiger partial charge is 0.356 e. The summed E-state index contributed by atoms with van der Waals surface area (Å²) in [6.45, 7) is 2.03. The summed E-state index contributed by atoms with van der Waals surface area (Å²) in [5.41, 5.74) is 3.51. The van der Waals surface area contributed by atoms with Crippen LogP contribution in [-0.2, 0) is 22.4 Å². The third kappa shape index (κ3) is 4.37. The maximum atomic E-state index is 13.0. The highest BCUT2D eigenvalue weighted by molar-refractivity contribution is 9.10. The van der Waals surface area contributed by atoms with Crippen LogP contribution in [-0.4, -0.2) is 18.2 Å². The number of aryl methyl sites for hydroxylation is 1. The van der Waals surface area contributed by atoms with Crippen LogP contribution >= 0.6 is 15.9 Å². The maximum absolute atomic E-state index is 13.0. The molecule has 1 aliphatic rings. The Morgan fingerprint density at radius 1 is 1.16 bits per heavy atom. The lowest BCUT2D eigenvalue weighted by Crippen LogP contribution is -2.36. The molecule has 0 heterocycles. The SMILES string of the molecule is CC(=O)NCC1c2ccc(Br)cc2CCC1C(=O)Cc1ccccc1. The molecule has 0 radical (unpaired) electrons. The van der Waals surface area contributed by atoms with E-state index in [1.54, 1.807) is 0 Å². The van der Waals surface area contributed by atoms with Crippen LogP contribution in [0.25, 0.3) is 0 Å². The second kappa shape index (κ2) is 7.96. The minimum atomic E-state index is -0.0570. The van der Waals surface area contributed by atoms with Crippen molar-refractivity contribution < 1.29 is 9.59 Å². The monoisotopic (exact) mass is 399 g/mol. The van der Waals surface area contributed by atoms with Crippen LogP contribution in [0.5, 0.6) is 0 Å². The van der Waals surface area contributed by atoms with Crippen molar-refractivity contribution in [1.82, 2.24) is 5.32 Å². The Hall–Kier alpha value is -1.94. The van der Waals surface area contributed by atoms with E-state index in [1.165, 1.54) is 18.1 Å². The van der Waals surface area contributed by atoms with Crippen molar-refractivity contribution in [1.29, 1.82) is 0 Å². The van der Waals surface area contributed by atoms with Gasteiger partial charge in [-0.2, -0.15) is 0 Å². The first kappa shape index (κ1) is 17.9. The van der Waals surface area contributed by atoms with Gasteiger partial charge in [-0.05, 0) is 41.7 Å². The number of hydrogen-bond acceptors (Lipinski definition) is 2. The van der Waals surface area contributed by atoms with E-state index in [-0.39, 0.29) is 23.5 Å². The van der Waals surface area contributed by atoms with Gasteiger partial charge in [0.25, 0.3) is 0 Å². The molecule has 130 valence electrons. The maximum Gasteiger partial charge on any atom is 0.216 e. The Morgan fingerprint density at radius 2 is 1.92 bits per heavy atom. The number of hydrogen-bond donors (Lipinski definition) is 1. The quantitative estimate of drug-likeness (QED) is 0.824. The zero-order valence-electron chi connectivity index (χ0n) is 14.3. The predicted octanol–water partition coefficient (Wildman–Crippen LogP) is 4.04. The number of fused-ring (bicyclic) bond motifs is 1. The number of carbonyl (C=O) groups excluding carboxylic acids is 2. The molecule has 0 saturated carbocycles. The van der Waals surface area contributed by atoms with E-state index in [9.17, 15) is 9.59 Å². The average molecular weight is 400 g/mol. The molecule has 1 amide bonds. The third-order valence-corrected chi connectivity index (χ3v) is 5.41. The minimum Gasteiger partial charge on any atom is -0.356 e. The van der Waals surface area contributed by atoms with Crippen LogP contribution < -0.4 is 5.32 Å². The number of rotatable bonds is 5. The molecule has 2 atom stereocenters. The second-order valence-electron chi connectivity index (χ2n) is 6.66. The van der Waals surface area contributed by atoms with Crippen LogP contribution in [0.3, 0.4) is 0 Å². The lowest BCUT2D eigenvalue weighted by molar-refractivity contribution is -0.124. The van der Waals surface area contributed by atoms with E-state index in [0.29, 0.717) is 13.0 Å². The summed E-state index contributed by atoms with van der Waals surface area (Å²) >= 11 is 3.52. The standard InChI is InChI=1S/C21H22BrNO2/c1-14(24)23-13-20-18-10-8-17(22)12-16(18)7-9-19(20)21(25)11-15-5-3-2-4-6-15/h2-6,8,10,12,19-20H,7,9,11,13H2,1H3,(H,23,24). The Bertz CT molecular complexity index is 773. The third-order valence-electron chi connectivity index (χ3n) is 4.92. The second-order valence-corrected chi connectivity index (χ2v) is 7.58. The fraction of sp³-hybridized carbons (Fsp3) is 0.333. The number of benzene rings is 2. The first-order valence-corrected chi connectivity index (χ1v) is 9.43. The molecular formula is C21H22BrNO2. The van der Waals surface area contributed by atoms with Crippen LogP contribution in [0, 0.1) is 5.92 Å². The van der Waals surface area contributed by atoms with Gasteiger partial charge in [0.1, 0.15) is 5.78 Å². The molecule has 3 nitrogen and oxygen atoms in total. The first-order chi connectivity index (χ1) is 12.0. The van der Waals surface area contributed by atoms with Crippen LogP contribution in [0.15, 0.2) is 53.0 Å². The summed E-state index contributed by atoms with van der Waals surface area (Å²) in [5.74, 6) is 0.186. The molecule has 0 aliphatic heterocycles. The van der Waals surface area contributed by atoms with E-state index in [1.807, 2.05) is 36.4 Å². The van der Waals surface area contributed by atoms with Crippen molar-refractivity contribution in [2.24, 2.45) is 5.92 Å². The normalized spacial score (nSPS) is 19.1. The summed E-state index contributed by atoms with van der Waals surface area (Å²) in [6.07, 6.45) is 2.18. The van der Waals surface area contributed by atoms with E-state index < -0.39 is 0 Å². The molecule has 2 aromatic rings. The number of halogens is 1. The van der Waals surface area contributed by atoms with Crippen LogP contribution in [0.1, 0.15) is 36.0 Å². The van der Waals surface area contributed by atoms with Crippen molar-refractivity contribution in [3.63, 3.8) is 0 Å². The number of nitrogens with one attached hydrogen (secondary N) is 1. The van der Waals surface area contributed by atoms with Crippen LogP contribution in [0.4, 0.5) is 0 Å². The molecule has 3 rings (SSSR count). The summed E-state index contributed by atoms with van der Waals surface area (Å²) in [5, 5.41) is 2.92. The predicted molar refractivity (Wildman–Crippen MR) is 103 cm³/mol. The molecule has 0 fully saturated rings. The van der Waals surface area contributed by atoms with Gasteiger partial charge in [-0.1, -0.05) is 52.3 Å². The average Bonchev–Trinajstić information content (AvgIpc) is 2.60. The highest BCUT2D eigenvalue weighted by Crippen LogP contribution is 2.38. The lowest BCUT2D eigenvalue weighted by atomic mass is 9.72. The van der Waals surface area contributed by atoms with Crippen molar-refractivity contribution in [3.05, 3.63) is 69.7 Å². The van der Waals surface area contributed by atoms with E-state index in [0.717, 1.165) is 22.9 Å². The fourth-order valence-corrected chi connectivity index (χ4v) is 4.11. The van der Waals surface area contributed by atoms with Gasteiger partial charge in [0, 0.05) is 36.2 Å². The molecule has 1 N–H and O–H groups in total. The lowest BCUT2D eigenvalue weighted by Gasteiger charge is -2.33.